The van der Waals surface area contributed by atoms with E-state index in [9.17, 15) is 18.0 Å². The number of hydrogen-bond donors (Lipinski definition) is 1. The van der Waals surface area contributed by atoms with Gasteiger partial charge in [-0.2, -0.15) is 18.3 Å². The van der Waals surface area contributed by atoms with Gasteiger partial charge in [-0.05, 0) is 57.0 Å². The number of amides is 1. The van der Waals surface area contributed by atoms with Gasteiger partial charge in [-0.25, -0.2) is 19.5 Å². The van der Waals surface area contributed by atoms with E-state index in [-0.39, 0.29) is 23.0 Å². The maximum absolute atomic E-state index is 13.8. The number of nitrogens with one attached hydrogen (secondary N) is 1. The van der Waals surface area contributed by atoms with Crippen molar-refractivity contribution in [3.05, 3.63) is 70.3 Å². The van der Waals surface area contributed by atoms with E-state index in [1.807, 2.05) is 19.9 Å². The van der Waals surface area contributed by atoms with Crippen molar-refractivity contribution in [3.63, 3.8) is 0 Å². The second-order valence-corrected chi connectivity index (χ2v) is 7.55. The lowest BCUT2D eigenvalue weighted by Gasteiger charge is -2.11. The van der Waals surface area contributed by atoms with Gasteiger partial charge in [0.2, 0.25) is 5.95 Å². The Morgan fingerprint density at radius 1 is 0.906 bits per heavy atom. The molecule has 0 aliphatic carbocycles. The Balaban J connectivity index is 1.79. The number of nitrogens with zero attached hydrogens (tertiary/aromatic N) is 5. The van der Waals surface area contributed by atoms with Crippen LogP contribution in [0.5, 0.6) is 0 Å². The Labute approximate surface area is 181 Å². The third-order valence-electron chi connectivity index (χ3n) is 4.96. The first kappa shape index (κ1) is 21.4. The summed E-state index contributed by atoms with van der Waals surface area (Å²) in [7, 11) is 0. The van der Waals surface area contributed by atoms with E-state index < -0.39 is 17.8 Å². The molecular formula is C22H19F3N6O. The molecule has 10 heteroatoms. The first-order valence-electron chi connectivity index (χ1n) is 9.70. The van der Waals surface area contributed by atoms with E-state index in [1.165, 1.54) is 6.07 Å². The van der Waals surface area contributed by atoms with Crippen LogP contribution in [0.25, 0.3) is 16.9 Å². The van der Waals surface area contributed by atoms with Crippen molar-refractivity contribution >= 4 is 17.5 Å². The largest absolute Gasteiger partial charge is 0.433 e. The second kappa shape index (κ2) is 7.70. The van der Waals surface area contributed by atoms with Gasteiger partial charge in [0, 0.05) is 23.0 Å². The van der Waals surface area contributed by atoms with Crippen LogP contribution in [-0.2, 0) is 6.18 Å². The lowest BCUT2D eigenvalue weighted by atomic mass is 10.0. The maximum atomic E-state index is 13.8. The third kappa shape index (κ3) is 4.16. The molecule has 0 saturated heterocycles. The number of alkyl halides is 3. The number of fused-ring (bicyclic) bond motifs is 1. The highest BCUT2D eigenvalue weighted by atomic mass is 19.4. The van der Waals surface area contributed by atoms with Crippen LogP contribution in [0.1, 0.15) is 38.7 Å². The Bertz CT molecular complexity index is 1340. The summed E-state index contributed by atoms with van der Waals surface area (Å²) in [5.74, 6) is -0.689. The Morgan fingerprint density at radius 2 is 1.59 bits per heavy atom. The first-order chi connectivity index (χ1) is 15.0. The zero-order chi connectivity index (χ0) is 23.2. The van der Waals surface area contributed by atoms with Gasteiger partial charge in [0.25, 0.3) is 5.91 Å². The maximum Gasteiger partial charge on any atom is 0.433 e. The predicted molar refractivity (Wildman–Crippen MR) is 112 cm³/mol. The second-order valence-electron chi connectivity index (χ2n) is 7.55. The molecule has 164 valence electrons. The molecule has 0 aliphatic heterocycles. The number of halogens is 3. The molecule has 4 rings (SSSR count). The van der Waals surface area contributed by atoms with Gasteiger partial charge in [0.05, 0.1) is 5.69 Å². The quantitative estimate of drug-likeness (QED) is 0.500. The molecule has 0 unspecified atom stereocenters. The van der Waals surface area contributed by atoms with Crippen LogP contribution in [0.4, 0.5) is 19.1 Å². The molecule has 1 aromatic carbocycles. The number of aryl methyl sites for hydroxylation is 4. The van der Waals surface area contributed by atoms with E-state index in [1.54, 1.807) is 32.0 Å². The minimum Gasteiger partial charge on any atom is -0.289 e. The van der Waals surface area contributed by atoms with Crippen molar-refractivity contribution in [3.8, 4) is 11.3 Å². The smallest absolute Gasteiger partial charge is 0.289 e. The van der Waals surface area contributed by atoms with E-state index in [4.69, 9.17) is 0 Å². The monoisotopic (exact) mass is 440 g/mol. The highest BCUT2D eigenvalue weighted by Crippen LogP contribution is 2.32. The summed E-state index contributed by atoms with van der Waals surface area (Å²) in [6.45, 7) is 7.27. The molecule has 3 heterocycles. The highest BCUT2D eigenvalue weighted by Gasteiger charge is 2.35. The molecule has 1 amide bonds. The average molecular weight is 440 g/mol. The average Bonchev–Trinajstić information content (AvgIpc) is 3.12. The Morgan fingerprint density at radius 3 is 2.22 bits per heavy atom. The first-order valence-corrected chi connectivity index (χ1v) is 9.70. The molecule has 0 atom stereocenters. The van der Waals surface area contributed by atoms with E-state index in [0.717, 1.165) is 17.2 Å². The van der Waals surface area contributed by atoms with Crippen LogP contribution in [0.2, 0.25) is 0 Å². The zero-order valence-electron chi connectivity index (χ0n) is 17.7. The van der Waals surface area contributed by atoms with Gasteiger partial charge >= 0.3 is 6.18 Å². The predicted octanol–water partition coefficient (Wildman–Crippen LogP) is 4.69. The number of carbonyl (C=O) groups excluding carboxylic acids is 1. The van der Waals surface area contributed by atoms with E-state index in [0.29, 0.717) is 21.5 Å². The molecule has 1 N–H and O–H groups in total. The highest BCUT2D eigenvalue weighted by molar-refractivity contribution is 6.02. The van der Waals surface area contributed by atoms with Gasteiger partial charge in [-0.15, -0.1) is 0 Å². The van der Waals surface area contributed by atoms with Crippen molar-refractivity contribution in [1.82, 2.24) is 24.6 Å². The molecule has 0 radical (unpaired) electrons. The lowest BCUT2D eigenvalue weighted by molar-refractivity contribution is -0.142. The number of carbonyl (C=O) groups is 1. The molecule has 32 heavy (non-hydrogen) atoms. The van der Waals surface area contributed by atoms with Gasteiger partial charge in [-0.1, -0.05) is 12.1 Å². The van der Waals surface area contributed by atoms with Crippen LogP contribution < -0.4 is 5.32 Å². The summed E-state index contributed by atoms with van der Waals surface area (Å²) in [6.07, 6.45) is -4.70. The fourth-order valence-electron chi connectivity index (χ4n) is 3.28. The summed E-state index contributed by atoms with van der Waals surface area (Å²) in [6, 6.07) is 9.17. The number of hydrogen-bond acceptors (Lipinski definition) is 5. The van der Waals surface area contributed by atoms with Crippen LogP contribution >= 0.6 is 0 Å². The summed E-state index contributed by atoms with van der Waals surface area (Å²) in [5, 5.41) is 6.33. The number of anilines is 1. The molecule has 4 aromatic rings. The molecule has 3 aromatic heterocycles. The summed E-state index contributed by atoms with van der Waals surface area (Å²) in [5.41, 5.74) is 2.54. The minimum atomic E-state index is -4.70. The number of benzene rings is 1. The summed E-state index contributed by atoms with van der Waals surface area (Å²) in [4.78, 5) is 25.2. The van der Waals surface area contributed by atoms with Gasteiger partial charge in [0.1, 0.15) is 0 Å². The molecule has 0 saturated carbocycles. The lowest BCUT2D eigenvalue weighted by Crippen LogP contribution is -2.17. The SMILES string of the molecule is Cc1cc(C)nc(NC(=O)c2cc3nc(-c4ccc(C)c(C)c4)cc(C(F)(F)F)n3n2)n1. The van der Waals surface area contributed by atoms with E-state index in [2.05, 4.69) is 25.4 Å². The van der Waals surface area contributed by atoms with E-state index >= 15 is 0 Å². The normalized spacial score (nSPS) is 11.7. The van der Waals surface area contributed by atoms with Crippen molar-refractivity contribution in [2.24, 2.45) is 0 Å². The molecule has 0 aliphatic rings. The molecule has 7 nitrogen and oxygen atoms in total. The third-order valence-corrected chi connectivity index (χ3v) is 4.96. The molecule has 0 bridgehead atoms. The van der Waals surface area contributed by atoms with Crippen molar-refractivity contribution < 1.29 is 18.0 Å². The van der Waals surface area contributed by atoms with Gasteiger partial charge < -0.3 is 0 Å². The van der Waals surface area contributed by atoms with Crippen LogP contribution in [-0.4, -0.2) is 30.5 Å². The topological polar surface area (TPSA) is 85.1 Å². The molecule has 0 fully saturated rings. The van der Waals surface area contributed by atoms with Crippen molar-refractivity contribution in [2.45, 2.75) is 33.9 Å². The van der Waals surface area contributed by atoms with Crippen LogP contribution in [0, 0.1) is 27.7 Å². The van der Waals surface area contributed by atoms with Crippen molar-refractivity contribution in [1.29, 1.82) is 0 Å². The number of rotatable bonds is 3. The Kier molecular flexibility index (Phi) is 5.15. The molecular weight excluding hydrogens is 421 g/mol. The fraction of sp³-hybridized carbons (Fsp3) is 0.227. The Hall–Kier alpha value is -3.82. The fourth-order valence-corrected chi connectivity index (χ4v) is 3.28. The summed E-state index contributed by atoms with van der Waals surface area (Å²) >= 11 is 0. The van der Waals surface area contributed by atoms with Crippen LogP contribution in [0.3, 0.4) is 0 Å². The van der Waals surface area contributed by atoms with Gasteiger partial charge in [0.15, 0.2) is 17.0 Å². The standard InChI is InChI=1S/C22H19F3N6O/c1-11-5-6-15(7-12(11)2)16-9-18(22(23,24)25)31-19(28-16)10-17(30-31)20(32)29-21-26-13(3)8-14(4)27-21/h5-10H,1-4H3,(H,26,27,29,32). The number of aromatic nitrogens is 5. The minimum absolute atomic E-state index is 0.0457. The zero-order valence-corrected chi connectivity index (χ0v) is 17.7. The molecule has 0 spiro atoms. The summed E-state index contributed by atoms with van der Waals surface area (Å²) < 4.78 is 42.0. The van der Waals surface area contributed by atoms with Crippen molar-refractivity contribution in [2.75, 3.05) is 5.32 Å². The van der Waals surface area contributed by atoms with Gasteiger partial charge in [-0.3, -0.25) is 10.1 Å². The van der Waals surface area contributed by atoms with Crippen LogP contribution in [0.15, 0.2) is 36.4 Å².